The second-order valence-electron chi connectivity index (χ2n) is 9.01. The maximum atomic E-state index is 12.6. The zero-order valence-electron chi connectivity index (χ0n) is 19.7. The van der Waals surface area contributed by atoms with Gasteiger partial charge in [-0.3, -0.25) is 4.79 Å². The van der Waals surface area contributed by atoms with E-state index in [0.717, 1.165) is 37.9 Å². The summed E-state index contributed by atoms with van der Waals surface area (Å²) in [5, 5.41) is 0. The van der Waals surface area contributed by atoms with E-state index >= 15 is 0 Å². The molecule has 4 heteroatoms. The third-order valence-corrected chi connectivity index (χ3v) is 6.46. The molecule has 1 aromatic carbocycles. The van der Waals surface area contributed by atoms with Crippen LogP contribution in [0.2, 0.25) is 0 Å². The molecular formula is C26H44N2O2. The summed E-state index contributed by atoms with van der Waals surface area (Å²) in [4.78, 5) is 17.0. The van der Waals surface area contributed by atoms with E-state index in [0.29, 0.717) is 12.1 Å². The smallest absolute Gasteiger partial charge is 0.253 e. The molecule has 1 amide bonds. The van der Waals surface area contributed by atoms with Crippen LogP contribution in [-0.2, 0) is 4.74 Å². The minimum atomic E-state index is 0.135. The quantitative estimate of drug-likeness (QED) is 0.361. The van der Waals surface area contributed by atoms with Crippen molar-refractivity contribution in [2.75, 3.05) is 33.8 Å². The van der Waals surface area contributed by atoms with Crippen LogP contribution in [0.5, 0.6) is 0 Å². The van der Waals surface area contributed by atoms with Crippen LogP contribution < -0.4 is 0 Å². The molecule has 0 heterocycles. The van der Waals surface area contributed by atoms with Crippen molar-refractivity contribution in [2.45, 2.75) is 89.7 Å². The average Bonchev–Trinajstić information content (AvgIpc) is 2.78. The van der Waals surface area contributed by atoms with Crippen LogP contribution >= 0.6 is 0 Å². The first-order chi connectivity index (χ1) is 14.6. The van der Waals surface area contributed by atoms with E-state index in [1.807, 2.05) is 42.3 Å². The highest BCUT2D eigenvalue weighted by Crippen LogP contribution is 2.25. The molecule has 0 unspecified atom stereocenters. The fourth-order valence-electron chi connectivity index (χ4n) is 4.38. The topological polar surface area (TPSA) is 32.8 Å². The number of hydrogen-bond donors (Lipinski definition) is 0. The highest BCUT2D eigenvalue weighted by atomic mass is 16.5. The van der Waals surface area contributed by atoms with Crippen LogP contribution in [0.4, 0.5) is 0 Å². The van der Waals surface area contributed by atoms with E-state index in [9.17, 15) is 4.79 Å². The van der Waals surface area contributed by atoms with E-state index in [2.05, 4.69) is 18.9 Å². The van der Waals surface area contributed by atoms with Gasteiger partial charge in [-0.1, -0.05) is 50.8 Å². The van der Waals surface area contributed by atoms with Crippen molar-refractivity contribution in [3.05, 3.63) is 35.9 Å². The molecule has 30 heavy (non-hydrogen) atoms. The first kappa shape index (κ1) is 24.9. The molecule has 0 aliphatic heterocycles. The van der Waals surface area contributed by atoms with Crippen molar-refractivity contribution in [3.63, 3.8) is 0 Å². The Hall–Kier alpha value is -1.39. The average molecular weight is 417 g/mol. The van der Waals surface area contributed by atoms with Gasteiger partial charge in [-0.05, 0) is 77.2 Å². The lowest BCUT2D eigenvalue weighted by Crippen LogP contribution is -2.40. The molecule has 1 fully saturated rings. The summed E-state index contributed by atoms with van der Waals surface area (Å²) in [6.45, 7) is 5.62. The third kappa shape index (κ3) is 9.18. The second kappa shape index (κ2) is 14.6. The lowest BCUT2D eigenvalue weighted by atomic mass is 9.91. The molecule has 0 radical (unpaired) electrons. The Morgan fingerprint density at radius 2 is 1.53 bits per heavy atom. The Labute approximate surface area is 185 Å². The van der Waals surface area contributed by atoms with Crippen molar-refractivity contribution < 1.29 is 9.53 Å². The monoisotopic (exact) mass is 416 g/mol. The fourth-order valence-corrected chi connectivity index (χ4v) is 4.38. The number of nitrogens with zero attached hydrogens (tertiary/aromatic N) is 2. The van der Waals surface area contributed by atoms with Gasteiger partial charge >= 0.3 is 0 Å². The van der Waals surface area contributed by atoms with Gasteiger partial charge in [0.15, 0.2) is 0 Å². The highest BCUT2D eigenvalue weighted by Gasteiger charge is 2.27. The van der Waals surface area contributed by atoms with Crippen LogP contribution in [0.25, 0.3) is 0 Å². The summed E-state index contributed by atoms with van der Waals surface area (Å²) in [5.41, 5.74) is 0.783. The van der Waals surface area contributed by atoms with Crippen LogP contribution in [0, 0.1) is 0 Å². The molecule has 0 bridgehead atoms. The van der Waals surface area contributed by atoms with Gasteiger partial charge in [0.2, 0.25) is 0 Å². The highest BCUT2D eigenvalue weighted by molar-refractivity contribution is 5.94. The summed E-state index contributed by atoms with van der Waals surface area (Å²) in [6, 6.07) is 9.95. The fraction of sp³-hybridized carbons (Fsp3) is 0.731. The summed E-state index contributed by atoms with van der Waals surface area (Å²) in [5.74, 6) is 0.135. The maximum absolute atomic E-state index is 12.6. The van der Waals surface area contributed by atoms with Crippen molar-refractivity contribution >= 4 is 5.91 Å². The molecule has 0 atom stereocenters. The van der Waals surface area contributed by atoms with Gasteiger partial charge in [0, 0.05) is 25.3 Å². The number of benzene rings is 1. The maximum Gasteiger partial charge on any atom is 0.253 e. The number of ether oxygens (including phenoxy) is 1. The lowest BCUT2D eigenvalue weighted by Gasteiger charge is -2.34. The minimum absolute atomic E-state index is 0.135. The molecule has 1 aliphatic rings. The van der Waals surface area contributed by atoms with Crippen molar-refractivity contribution in [2.24, 2.45) is 0 Å². The summed E-state index contributed by atoms with van der Waals surface area (Å²) in [7, 11) is 4.20. The van der Waals surface area contributed by atoms with Crippen LogP contribution in [-0.4, -0.2) is 61.6 Å². The third-order valence-electron chi connectivity index (χ3n) is 6.46. The SMILES string of the molecule is CCCCCN(C)CCCCCCO[C@H]1CC[C@H](N(C)C(=O)c2ccccc2)CC1. The van der Waals surface area contributed by atoms with Gasteiger partial charge in [0.25, 0.3) is 5.91 Å². The number of rotatable bonds is 14. The normalized spacial score (nSPS) is 19.2. The Bertz CT molecular complexity index is 570. The lowest BCUT2D eigenvalue weighted by molar-refractivity contribution is 0.00907. The molecular weight excluding hydrogens is 372 g/mol. The number of hydrogen-bond acceptors (Lipinski definition) is 3. The van der Waals surface area contributed by atoms with Gasteiger partial charge in [0.05, 0.1) is 6.10 Å². The first-order valence-corrected chi connectivity index (χ1v) is 12.2. The largest absolute Gasteiger partial charge is 0.378 e. The Morgan fingerprint density at radius 3 is 2.20 bits per heavy atom. The summed E-state index contributed by atoms with van der Waals surface area (Å²) < 4.78 is 6.14. The van der Waals surface area contributed by atoms with E-state index in [4.69, 9.17) is 4.74 Å². The van der Waals surface area contributed by atoms with E-state index < -0.39 is 0 Å². The van der Waals surface area contributed by atoms with Gasteiger partial charge in [0.1, 0.15) is 0 Å². The van der Waals surface area contributed by atoms with Crippen LogP contribution in [0.3, 0.4) is 0 Å². The van der Waals surface area contributed by atoms with Gasteiger partial charge in [-0.2, -0.15) is 0 Å². The van der Waals surface area contributed by atoms with E-state index in [-0.39, 0.29) is 5.91 Å². The molecule has 4 nitrogen and oxygen atoms in total. The predicted molar refractivity (Wildman–Crippen MR) is 126 cm³/mol. The molecule has 2 rings (SSSR count). The number of amides is 1. The number of unbranched alkanes of at least 4 members (excludes halogenated alkanes) is 5. The Morgan fingerprint density at radius 1 is 0.900 bits per heavy atom. The molecule has 1 saturated carbocycles. The van der Waals surface area contributed by atoms with Crippen molar-refractivity contribution in [1.82, 2.24) is 9.80 Å². The van der Waals surface area contributed by atoms with E-state index in [1.165, 1.54) is 58.0 Å². The number of carbonyl (C=O) groups excluding carboxylic acids is 1. The standard InChI is InChI=1S/C26H44N2O2/c1-4-5-11-20-27(2)21-12-6-7-13-22-30-25-18-16-24(17-19-25)28(3)26(29)23-14-9-8-10-15-23/h8-10,14-15,24-25H,4-7,11-13,16-22H2,1-3H3/t24-,25-. The second-order valence-corrected chi connectivity index (χ2v) is 9.01. The predicted octanol–water partition coefficient (Wildman–Crippen LogP) is 5.77. The first-order valence-electron chi connectivity index (χ1n) is 12.2. The van der Waals surface area contributed by atoms with Crippen LogP contribution in [0.1, 0.15) is 87.9 Å². The molecule has 0 aromatic heterocycles. The van der Waals surface area contributed by atoms with Gasteiger partial charge in [-0.25, -0.2) is 0 Å². The molecule has 0 saturated heterocycles. The molecule has 0 spiro atoms. The van der Waals surface area contributed by atoms with Gasteiger partial charge in [-0.15, -0.1) is 0 Å². The zero-order chi connectivity index (χ0) is 21.6. The van der Waals surface area contributed by atoms with Crippen molar-refractivity contribution in [1.29, 1.82) is 0 Å². The Kier molecular flexibility index (Phi) is 12.1. The van der Waals surface area contributed by atoms with E-state index in [1.54, 1.807) is 0 Å². The molecule has 1 aromatic rings. The van der Waals surface area contributed by atoms with Crippen LogP contribution in [0.15, 0.2) is 30.3 Å². The zero-order valence-corrected chi connectivity index (χ0v) is 19.7. The number of carbonyl (C=O) groups is 1. The molecule has 170 valence electrons. The Balaban J connectivity index is 1.50. The van der Waals surface area contributed by atoms with Gasteiger partial charge < -0.3 is 14.5 Å². The molecule has 0 N–H and O–H groups in total. The van der Waals surface area contributed by atoms with Crippen molar-refractivity contribution in [3.8, 4) is 0 Å². The minimum Gasteiger partial charge on any atom is -0.378 e. The summed E-state index contributed by atoms with van der Waals surface area (Å²) in [6.07, 6.45) is 13.6. The summed E-state index contributed by atoms with van der Waals surface area (Å²) >= 11 is 0. The molecule has 1 aliphatic carbocycles.